The summed E-state index contributed by atoms with van der Waals surface area (Å²) < 4.78 is 17.7. The molecule has 0 unspecified atom stereocenters. The Hall–Kier alpha value is -4.59. The van der Waals surface area contributed by atoms with Crippen molar-refractivity contribution < 1.29 is 19.0 Å². The number of hydrogen-bond acceptors (Lipinski definition) is 6. The predicted octanol–water partition coefficient (Wildman–Crippen LogP) is 4.79. The van der Waals surface area contributed by atoms with E-state index in [0.717, 1.165) is 5.56 Å². The number of carbonyl (C=O) groups excluding carboxylic acids is 1. The number of aromatic nitrogens is 2. The van der Waals surface area contributed by atoms with Crippen molar-refractivity contribution in [3.8, 4) is 34.1 Å². The number of aryl methyl sites for hydroxylation is 2. The van der Waals surface area contributed by atoms with Crippen LogP contribution in [-0.4, -0.2) is 37.0 Å². The smallest absolute Gasteiger partial charge is 0.257 e. The highest BCUT2D eigenvalue weighted by Crippen LogP contribution is 2.38. The lowest BCUT2D eigenvalue weighted by Gasteiger charge is -2.19. The molecular weight excluding hydrogens is 458 g/mol. The van der Waals surface area contributed by atoms with Crippen molar-refractivity contribution in [1.29, 1.82) is 0 Å². The Balaban J connectivity index is 1.93. The zero-order chi connectivity index (χ0) is 25.8. The number of rotatable bonds is 7. The van der Waals surface area contributed by atoms with Gasteiger partial charge in [-0.1, -0.05) is 48.0 Å². The molecule has 0 aliphatic rings. The summed E-state index contributed by atoms with van der Waals surface area (Å²) in [5.41, 5.74) is 3.05. The molecule has 36 heavy (non-hydrogen) atoms. The molecule has 4 rings (SSSR count). The second-order valence-corrected chi connectivity index (χ2v) is 8.12. The van der Waals surface area contributed by atoms with E-state index in [0.29, 0.717) is 39.8 Å². The van der Waals surface area contributed by atoms with Gasteiger partial charge in [0.15, 0.2) is 11.5 Å². The van der Waals surface area contributed by atoms with Crippen LogP contribution in [0.25, 0.3) is 16.8 Å². The molecule has 8 heteroatoms. The third kappa shape index (κ3) is 4.65. The topological polar surface area (TPSA) is 91.7 Å². The minimum atomic E-state index is -0.475. The molecule has 0 fully saturated rings. The van der Waals surface area contributed by atoms with Crippen LogP contribution < -0.4 is 25.0 Å². The van der Waals surface area contributed by atoms with Crippen molar-refractivity contribution in [3.63, 3.8) is 0 Å². The summed E-state index contributed by atoms with van der Waals surface area (Å²) in [4.78, 5) is 26.9. The molecule has 8 nitrogen and oxygen atoms in total. The largest absolute Gasteiger partial charge is 0.493 e. The van der Waals surface area contributed by atoms with Crippen LogP contribution in [0.5, 0.6) is 17.2 Å². The second-order valence-electron chi connectivity index (χ2n) is 8.12. The fraction of sp³-hybridized carbons (Fsp3) is 0.179. The molecule has 0 saturated heterocycles. The maximum Gasteiger partial charge on any atom is 0.257 e. The van der Waals surface area contributed by atoms with E-state index in [4.69, 9.17) is 14.2 Å². The van der Waals surface area contributed by atoms with Gasteiger partial charge >= 0.3 is 0 Å². The van der Waals surface area contributed by atoms with Crippen molar-refractivity contribution in [2.24, 2.45) is 0 Å². The van der Waals surface area contributed by atoms with Crippen molar-refractivity contribution in [2.45, 2.75) is 13.8 Å². The zero-order valence-corrected chi connectivity index (χ0v) is 20.8. The summed E-state index contributed by atoms with van der Waals surface area (Å²) in [7, 11) is 4.45. The molecule has 0 aliphatic carbocycles. The highest BCUT2D eigenvalue weighted by molar-refractivity contribution is 6.06. The van der Waals surface area contributed by atoms with Crippen LogP contribution in [0.15, 0.2) is 71.5 Å². The van der Waals surface area contributed by atoms with Crippen LogP contribution in [-0.2, 0) is 0 Å². The number of ether oxygens (including phenoxy) is 3. The molecule has 0 spiro atoms. The van der Waals surface area contributed by atoms with Crippen molar-refractivity contribution >= 4 is 11.7 Å². The van der Waals surface area contributed by atoms with Crippen LogP contribution in [0.1, 0.15) is 21.6 Å². The summed E-state index contributed by atoms with van der Waals surface area (Å²) in [6.07, 6.45) is 0. The first kappa shape index (κ1) is 24.5. The van der Waals surface area contributed by atoms with Crippen molar-refractivity contribution in [1.82, 2.24) is 9.78 Å². The number of nitrogens with one attached hydrogen (secondary N) is 1. The van der Waals surface area contributed by atoms with E-state index < -0.39 is 5.91 Å². The standard InChI is InChI=1S/C28H27N3O5/c1-17-11-13-21(14-12-17)31-27(24(25(32)18(2)30-31)19-9-7-6-8-10-19)29-28(33)20-15-22(34-3)26(36-5)23(16-20)35-4/h6-16H,1-5H3,(H,29,33). The Morgan fingerprint density at radius 3 is 2.03 bits per heavy atom. The highest BCUT2D eigenvalue weighted by Gasteiger charge is 2.23. The fourth-order valence-corrected chi connectivity index (χ4v) is 3.89. The molecule has 184 valence electrons. The molecule has 1 heterocycles. The molecule has 1 aromatic heterocycles. The quantitative estimate of drug-likeness (QED) is 0.405. The van der Waals surface area contributed by atoms with Gasteiger partial charge in [0.05, 0.1) is 32.6 Å². The minimum absolute atomic E-state index is 0.249. The molecule has 3 aromatic carbocycles. The third-order valence-electron chi connectivity index (χ3n) is 5.75. The van der Waals surface area contributed by atoms with Gasteiger partial charge in [-0.25, -0.2) is 4.68 Å². The van der Waals surface area contributed by atoms with Crippen LogP contribution in [0.3, 0.4) is 0 Å². The van der Waals surface area contributed by atoms with E-state index in [9.17, 15) is 9.59 Å². The van der Waals surface area contributed by atoms with Gasteiger partial charge in [-0.2, -0.15) is 5.10 Å². The molecule has 0 radical (unpaired) electrons. The van der Waals surface area contributed by atoms with E-state index >= 15 is 0 Å². The Bertz CT molecular complexity index is 1440. The summed E-state index contributed by atoms with van der Waals surface area (Å²) in [6.45, 7) is 3.64. The van der Waals surface area contributed by atoms with Gasteiger partial charge < -0.3 is 19.5 Å². The number of methoxy groups -OCH3 is 3. The second kappa shape index (κ2) is 10.4. The highest BCUT2D eigenvalue weighted by atomic mass is 16.5. The number of carbonyl (C=O) groups is 1. The first-order valence-corrected chi connectivity index (χ1v) is 11.3. The van der Waals surface area contributed by atoms with Gasteiger partial charge in [-0.05, 0) is 43.7 Å². The fourth-order valence-electron chi connectivity index (χ4n) is 3.89. The normalized spacial score (nSPS) is 10.6. The van der Waals surface area contributed by atoms with Gasteiger partial charge in [0, 0.05) is 5.56 Å². The van der Waals surface area contributed by atoms with Crippen molar-refractivity contribution in [3.05, 3.63) is 93.8 Å². The molecule has 0 bridgehead atoms. The average Bonchev–Trinajstić information content (AvgIpc) is 2.90. The summed E-state index contributed by atoms with van der Waals surface area (Å²) in [5, 5.41) is 7.45. The maximum absolute atomic E-state index is 13.6. The Kier molecular flexibility index (Phi) is 7.05. The van der Waals surface area contributed by atoms with Crippen LogP contribution >= 0.6 is 0 Å². The van der Waals surface area contributed by atoms with E-state index in [-0.39, 0.29) is 16.8 Å². The Morgan fingerprint density at radius 2 is 1.47 bits per heavy atom. The lowest BCUT2D eigenvalue weighted by molar-refractivity contribution is 0.102. The van der Waals surface area contributed by atoms with Crippen molar-refractivity contribution in [2.75, 3.05) is 26.6 Å². The van der Waals surface area contributed by atoms with Crippen LogP contribution in [0, 0.1) is 13.8 Å². The van der Waals surface area contributed by atoms with Gasteiger partial charge in [0.2, 0.25) is 11.2 Å². The monoisotopic (exact) mass is 485 g/mol. The molecule has 1 N–H and O–H groups in total. The maximum atomic E-state index is 13.6. The van der Waals surface area contributed by atoms with Gasteiger partial charge in [-0.3, -0.25) is 9.59 Å². The Labute approximate surface area is 209 Å². The molecule has 0 aliphatic heterocycles. The lowest BCUT2D eigenvalue weighted by Crippen LogP contribution is -2.25. The van der Waals surface area contributed by atoms with Gasteiger partial charge in [0.1, 0.15) is 11.5 Å². The summed E-state index contributed by atoms with van der Waals surface area (Å²) in [6, 6.07) is 19.9. The first-order chi connectivity index (χ1) is 17.4. The molecule has 0 atom stereocenters. The molecule has 1 amide bonds. The SMILES string of the molecule is COc1cc(C(=O)Nc2c(-c3ccccc3)c(=O)c(C)nn2-c2ccc(C)cc2)cc(OC)c1OC. The molecule has 4 aromatic rings. The zero-order valence-electron chi connectivity index (χ0n) is 20.8. The van der Waals surface area contributed by atoms with Crippen LogP contribution in [0.4, 0.5) is 5.82 Å². The van der Waals surface area contributed by atoms with E-state index in [1.165, 1.54) is 21.3 Å². The lowest BCUT2D eigenvalue weighted by atomic mass is 10.0. The van der Waals surface area contributed by atoms with E-state index in [1.807, 2.05) is 61.5 Å². The van der Waals surface area contributed by atoms with Gasteiger partial charge in [-0.15, -0.1) is 0 Å². The minimum Gasteiger partial charge on any atom is -0.493 e. The third-order valence-corrected chi connectivity index (χ3v) is 5.75. The van der Waals surface area contributed by atoms with Crippen LogP contribution in [0.2, 0.25) is 0 Å². The molecule has 0 saturated carbocycles. The predicted molar refractivity (Wildman–Crippen MR) is 139 cm³/mol. The number of anilines is 1. The van der Waals surface area contributed by atoms with E-state index in [2.05, 4.69) is 10.4 Å². The number of benzene rings is 3. The van der Waals surface area contributed by atoms with E-state index in [1.54, 1.807) is 23.7 Å². The first-order valence-electron chi connectivity index (χ1n) is 11.3. The summed E-state index contributed by atoms with van der Waals surface area (Å²) in [5.74, 6) is 0.818. The number of hydrogen-bond donors (Lipinski definition) is 1. The molecular formula is C28H27N3O5. The Morgan fingerprint density at radius 1 is 0.861 bits per heavy atom. The average molecular weight is 486 g/mol. The summed E-state index contributed by atoms with van der Waals surface area (Å²) >= 11 is 0. The number of amides is 1. The van der Waals surface area contributed by atoms with Gasteiger partial charge in [0.25, 0.3) is 5.91 Å². The number of nitrogens with zero attached hydrogens (tertiary/aromatic N) is 2.